The third kappa shape index (κ3) is 3.85. The smallest absolute Gasteiger partial charge is 0.124 e. The molecule has 2 aromatic carbocycles. The lowest BCUT2D eigenvalue weighted by atomic mass is 9.86. The fourth-order valence-electron chi connectivity index (χ4n) is 1.94. The van der Waals surface area contributed by atoms with E-state index in [9.17, 15) is 5.11 Å². The molecule has 2 rings (SSSR count). The van der Waals surface area contributed by atoms with Gasteiger partial charge in [-0.05, 0) is 47.4 Å². The first kappa shape index (κ1) is 15.1. The van der Waals surface area contributed by atoms with Gasteiger partial charge in [-0.25, -0.2) is 0 Å². The predicted molar refractivity (Wildman–Crippen MR) is 87.1 cm³/mol. The minimum atomic E-state index is 0.0381. The number of phenolic OH excluding ortho intramolecular Hbond substituents is 1. The molecule has 0 aliphatic rings. The van der Waals surface area contributed by atoms with E-state index >= 15 is 0 Å². The maximum atomic E-state index is 9.95. The molecular formula is C18H21NO2. The van der Waals surface area contributed by atoms with Crippen LogP contribution in [0.25, 0.3) is 0 Å². The lowest BCUT2D eigenvalue weighted by molar-refractivity contribution is 0.415. The van der Waals surface area contributed by atoms with Crippen LogP contribution in [0.4, 0.5) is 5.69 Å². The molecule has 0 heterocycles. The topological polar surface area (TPSA) is 41.8 Å². The molecule has 0 atom stereocenters. The molecule has 0 spiro atoms. The monoisotopic (exact) mass is 283 g/mol. The van der Waals surface area contributed by atoms with E-state index in [-0.39, 0.29) is 11.2 Å². The normalized spacial score (nSPS) is 11.8. The molecule has 0 fully saturated rings. The molecule has 110 valence electrons. The molecule has 0 saturated heterocycles. The molecule has 0 bridgehead atoms. The molecule has 0 amide bonds. The minimum Gasteiger partial charge on any atom is -0.507 e. The van der Waals surface area contributed by atoms with Gasteiger partial charge in [0.2, 0.25) is 0 Å². The van der Waals surface area contributed by atoms with Crippen LogP contribution in [0.1, 0.15) is 31.9 Å². The Balaban J connectivity index is 2.27. The quantitative estimate of drug-likeness (QED) is 0.846. The Labute approximate surface area is 125 Å². The summed E-state index contributed by atoms with van der Waals surface area (Å²) in [7, 11) is 1.63. The Morgan fingerprint density at radius 3 is 2.29 bits per heavy atom. The minimum absolute atomic E-state index is 0.0381. The Morgan fingerprint density at radius 1 is 1.05 bits per heavy atom. The van der Waals surface area contributed by atoms with Gasteiger partial charge >= 0.3 is 0 Å². The van der Waals surface area contributed by atoms with Gasteiger partial charge in [0.25, 0.3) is 0 Å². The van der Waals surface area contributed by atoms with E-state index in [1.54, 1.807) is 19.4 Å². The standard InChI is InChI=1S/C18H21NO2/c1-18(2,3)14-5-10-17(20)13(11-14)12-19-15-6-8-16(21-4)9-7-15/h5-12,20H,1-4H3. The summed E-state index contributed by atoms with van der Waals surface area (Å²) in [6.07, 6.45) is 1.69. The van der Waals surface area contributed by atoms with Gasteiger partial charge in [-0.2, -0.15) is 0 Å². The second kappa shape index (κ2) is 6.00. The second-order valence-corrected chi connectivity index (χ2v) is 5.98. The van der Waals surface area contributed by atoms with Crippen LogP contribution in [0.15, 0.2) is 47.5 Å². The van der Waals surface area contributed by atoms with Crippen molar-refractivity contribution in [2.75, 3.05) is 7.11 Å². The Bertz CT molecular complexity index is 637. The van der Waals surface area contributed by atoms with Crippen LogP contribution < -0.4 is 4.74 Å². The molecule has 3 heteroatoms. The number of rotatable bonds is 3. The molecule has 21 heavy (non-hydrogen) atoms. The fraction of sp³-hybridized carbons (Fsp3) is 0.278. The van der Waals surface area contributed by atoms with Crippen molar-refractivity contribution in [3.63, 3.8) is 0 Å². The number of aromatic hydroxyl groups is 1. The number of nitrogens with zero attached hydrogens (tertiary/aromatic N) is 1. The van der Waals surface area contributed by atoms with Crippen LogP contribution in [-0.4, -0.2) is 18.4 Å². The van der Waals surface area contributed by atoms with Gasteiger partial charge in [0.15, 0.2) is 0 Å². The predicted octanol–water partition coefficient (Wildman–Crippen LogP) is 4.45. The van der Waals surface area contributed by atoms with E-state index in [1.165, 1.54) is 0 Å². The zero-order valence-corrected chi connectivity index (χ0v) is 12.9. The number of ether oxygens (including phenoxy) is 1. The van der Waals surface area contributed by atoms with Crippen molar-refractivity contribution in [1.29, 1.82) is 0 Å². The molecule has 0 aliphatic heterocycles. The van der Waals surface area contributed by atoms with E-state index in [1.807, 2.05) is 36.4 Å². The summed E-state index contributed by atoms with van der Waals surface area (Å²) in [6, 6.07) is 13.1. The molecule has 0 saturated carbocycles. The van der Waals surface area contributed by atoms with Crippen LogP contribution in [0, 0.1) is 0 Å². The van der Waals surface area contributed by atoms with Crippen LogP contribution in [0.5, 0.6) is 11.5 Å². The van der Waals surface area contributed by atoms with E-state index in [0.717, 1.165) is 22.6 Å². The molecule has 0 aliphatic carbocycles. The fourth-order valence-corrected chi connectivity index (χ4v) is 1.94. The highest BCUT2D eigenvalue weighted by molar-refractivity contribution is 5.85. The summed E-state index contributed by atoms with van der Waals surface area (Å²) in [5, 5.41) is 9.95. The summed E-state index contributed by atoms with van der Waals surface area (Å²) in [5.74, 6) is 1.03. The Kier molecular flexibility index (Phi) is 4.32. The lowest BCUT2D eigenvalue weighted by Crippen LogP contribution is -2.11. The molecule has 2 aromatic rings. The highest BCUT2D eigenvalue weighted by atomic mass is 16.5. The number of aliphatic imine (C=N–C) groups is 1. The SMILES string of the molecule is COc1ccc(N=Cc2cc(C(C)(C)C)ccc2O)cc1. The number of hydrogen-bond donors (Lipinski definition) is 1. The molecular weight excluding hydrogens is 262 g/mol. The maximum Gasteiger partial charge on any atom is 0.124 e. The zero-order valence-electron chi connectivity index (χ0n) is 12.9. The van der Waals surface area contributed by atoms with Crippen molar-refractivity contribution in [3.8, 4) is 11.5 Å². The van der Waals surface area contributed by atoms with Crippen molar-refractivity contribution in [3.05, 3.63) is 53.6 Å². The number of phenols is 1. The van der Waals surface area contributed by atoms with E-state index < -0.39 is 0 Å². The number of methoxy groups -OCH3 is 1. The van der Waals surface area contributed by atoms with Gasteiger partial charge in [0.05, 0.1) is 12.8 Å². The van der Waals surface area contributed by atoms with Gasteiger partial charge in [0.1, 0.15) is 11.5 Å². The number of benzene rings is 2. The van der Waals surface area contributed by atoms with Gasteiger partial charge in [-0.3, -0.25) is 4.99 Å². The molecule has 3 nitrogen and oxygen atoms in total. The zero-order chi connectivity index (χ0) is 15.5. The average Bonchev–Trinajstić information content (AvgIpc) is 2.45. The molecule has 0 unspecified atom stereocenters. The summed E-state index contributed by atoms with van der Waals surface area (Å²) in [5.41, 5.74) is 2.74. The first-order valence-electron chi connectivity index (χ1n) is 6.92. The Hall–Kier alpha value is -2.29. The number of hydrogen-bond acceptors (Lipinski definition) is 3. The summed E-state index contributed by atoms with van der Waals surface area (Å²) < 4.78 is 5.11. The van der Waals surface area contributed by atoms with Crippen molar-refractivity contribution in [2.24, 2.45) is 4.99 Å². The Morgan fingerprint density at radius 2 is 1.71 bits per heavy atom. The van der Waals surface area contributed by atoms with Crippen LogP contribution in [0.2, 0.25) is 0 Å². The summed E-state index contributed by atoms with van der Waals surface area (Å²) in [6.45, 7) is 6.43. The van der Waals surface area contributed by atoms with Crippen molar-refractivity contribution in [1.82, 2.24) is 0 Å². The first-order valence-corrected chi connectivity index (χ1v) is 6.92. The van der Waals surface area contributed by atoms with Gasteiger partial charge in [0, 0.05) is 11.8 Å². The van der Waals surface area contributed by atoms with Crippen molar-refractivity contribution in [2.45, 2.75) is 26.2 Å². The summed E-state index contributed by atoms with van der Waals surface area (Å²) >= 11 is 0. The van der Waals surface area contributed by atoms with Crippen molar-refractivity contribution >= 4 is 11.9 Å². The third-order valence-electron chi connectivity index (χ3n) is 3.32. The second-order valence-electron chi connectivity index (χ2n) is 5.98. The van der Waals surface area contributed by atoms with Gasteiger partial charge in [-0.1, -0.05) is 26.8 Å². The van der Waals surface area contributed by atoms with E-state index in [0.29, 0.717) is 0 Å². The molecule has 0 radical (unpaired) electrons. The first-order chi connectivity index (χ1) is 9.90. The van der Waals surface area contributed by atoms with Crippen LogP contribution in [0.3, 0.4) is 0 Å². The summed E-state index contributed by atoms with van der Waals surface area (Å²) in [4.78, 5) is 4.40. The van der Waals surface area contributed by atoms with E-state index in [2.05, 4.69) is 25.8 Å². The maximum absolute atomic E-state index is 9.95. The average molecular weight is 283 g/mol. The van der Waals surface area contributed by atoms with Crippen LogP contribution in [-0.2, 0) is 5.41 Å². The van der Waals surface area contributed by atoms with E-state index in [4.69, 9.17) is 4.74 Å². The molecule has 0 aromatic heterocycles. The lowest BCUT2D eigenvalue weighted by Gasteiger charge is -2.19. The van der Waals surface area contributed by atoms with Crippen molar-refractivity contribution < 1.29 is 9.84 Å². The highest BCUT2D eigenvalue weighted by Crippen LogP contribution is 2.27. The molecule has 1 N–H and O–H groups in total. The third-order valence-corrected chi connectivity index (χ3v) is 3.32. The van der Waals surface area contributed by atoms with Gasteiger partial charge in [-0.15, -0.1) is 0 Å². The van der Waals surface area contributed by atoms with Gasteiger partial charge < -0.3 is 9.84 Å². The highest BCUT2D eigenvalue weighted by Gasteiger charge is 2.14. The van der Waals surface area contributed by atoms with Crippen LogP contribution >= 0.6 is 0 Å². The largest absolute Gasteiger partial charge is 0.507 e.